The minimum atomic E-state index is -0.752. The first kappa shape index (κ1) is 9.62. The molecule has 76 valence electrons. The van der Waals surface area contributed by atoms with Crippen molar-refractivity contribution in [3.05, 3.63) is 29.6 Å². The summed E-state index contributed by atoms with van der Waals surface area (Å²) in [7, 11) is 0. The number of nitrogens with two attached hydrogens (primary N) is 1. The van der Waals surface area contributed by atoms with Crippen molar-refractivity contribution in [2.75, 3.05) is 6.54 Å². The molecular weight excluding hydrogens is 176 g/mol. The van der Waals surface area contributed by atoms with Crippen molar-refractivity contribution in [3.63, 3.8) is 0 Å². The molecule has 1 aliphatic rings. The second-order valence-corrected chi connectivity index (χ2v) is 4.07. The van der Waals surface area contributed by atoms with Crippen LogP contribution in [0.1, 0.15) is 24.6 Å². The van der Waals surface area contributed by atoms with E-state index in [0.29, 0.717) is 13.0 Å². The van der Waals surface area contributed by atoms with Crippen molar-refractivity contribution >= 4 is 0 Å². The van der Waals surface area contributed by atoms with Crippen molar-refractivity contribution in [2.24, 2.45) is 11.7 Å². The van der Waals surface area contributed by atoms with Gasteiger partial charge in [0.15, 0.2) is 0 Å². The lowest BCUT2D eigenvalue weighted by Crippen LogP contribution is -2.32. The zero-order valence-corrected chi connectivity index (χ0v) is 8.40. The minimum Gasteiger partial charge on any atom is -0.385 e. The second-order valence-electron chi connectivity index (χ2n) is 4.07. The average molecular weight is 192 g/mol. The van der Waals surface area contributed by atoms with E-state index in [0.717, 1.165) is 17.7 Å². The van der Waals surface area contributed by atoms with E-state index in [9.17, 15) is 5.11 Å². The normalized spacial score (nSPS) is 30.4. The Balaban J connectivity index is 2.43. The largest absolute Gasteiger partial charge is 0.385 e. The van der Waals surface area contributed by atoms with E-state index in [1.807, 2.05) is 12.1 Å². The lowest BCUT2D eigenvalue weighted by Gasteiger charge is -2.28. The first-order valence-electron chi connectivity index (χ1n) is 5.05. The van der Waals surface area contributed by atoms with E-state index < -0.39 is 5.60 Å². The van der Waals surface area contributed by atoms with Crippen LogP contribution in [0, 0.1) is 5.92 Å². The van der Waals surface area contributed by atoms with E-state index in [2.05, 4.69) is 11.9 Å². The lowest BCUT2D eigenvalue weighted by atomic mass is 9.86. The number of fused-ring (bicyclic) bond motifs is 1. The molecule has 1 heterocycles. The maximum absolute atomic E-state index is 10.5. The number of hydrogen-bond donors (Lipinski definition) is 2. The van der Waals surface area contributed by atoms with E-state index in [4.69, 9.17) is 5.73 Å². The van der Waals surface area contributed by atoms with Crippen molar-refractivity contribution < 1.29 is 5.11 Å². The van der Waals surface area contributed by atoms with Gasteiger partial charge in [0.2, 0.25) is 0 Å². The minimum absolute atomic E-state index is 0.218. The molecule has 14 heavy (non-hydrogen) atoms. The maximum atomic E-state index is 10.5. The van der Waals surface area contributed by atoms with Gasteiger partial charge in [-0.1, -0.05) is 13.0 Å². The summed E-state index contributed by atoms with van der Waals surface area (Å²) in [5.41, 5.74) is 6.78. The van der Waals surface area contributed by atoms with Gasteiger partial charge in [-0.2, -0.15) is 0 Å². The van der Waals surface area contributed by atoms with Gasteiger partial charge in [-0.3, -0.25) is 4.98 Å². The molecule has 0 bridgehead atoms. The molecule has 2 atom stereocenters. The highest BCUT2D eigenvalue weighted by Gasteiger charge is 2.42. The van der Waals surface area contributed by atoms with Crippen LogP contribution >= 0.6 is 0 Å². The van der Waals surface area contributed by atoms with E-state index >= 15 is 0 Å². The van der Waals surface area contributed by atoms with Crippen molar-refractivity contribution in [2.45, 2.75) is 25.4 Å². The van der Waals surface area contributed by atoms with Crippen LogP contribution in [0.2, 0.25) is 0 Å². The van der Waals surface area contributed by atoms with Crippen LogP contribution in [0.5, 0.6) is 0 Å². The summed E-state index contributed by atoms with van der Waals surface area (Å²) in [4.78, 5) is 4.29. The van der Waals surface area contributed by atoms with E-state index in [1.165, 1.54) is 0 Å². The van der Waals surface area contributed by atoms with Crippen LogP contribution in [0.15, 0.2) is 18.3 Å². The predicted octanol–water partition coefficient (Wildman–Crippen LogP) is 0.810. The summed E-state index contributed by atoms with van der Waals surface area (Å²) >= 11 is 0. The fourth-order valence-corrected chi connectivity index (χ4v) is 2.32. The van der Waals surface area contributed by atoms with E-state index in [-0.39, 0.29) is 5.92 Å². The number of aromatic nitrogens is 1. The summed E-state index contributed by atoms with van der Waals surface area (Å²) in [6.07, 6.45) is 3.25. The van der Waals surface area contributed by atoms with Gasteiger partial charge in [0.05, 0.1) is 5.60 Å². The Hall–Kier alpha value is -0.930. The molecule has 2 unspecified atom stereocenters. The van der Waals surface area contributed by atoms with Crippen LogP contribution in [0.3, 0.4) is 0 Å². The summed E-state index contributed by atoms with van der Waals surface area (Å²) < 4.78 is 0. The molecule has 1 aromatic rings. The van der Waals surface area contributed by atoms with Gasteiger partial charge < -0.3 is 10.8 Å². The van der Waals surface area contributed by atoms with Crippen LogP contribution in [0.4, 0.5) is 0 Å². The number of rotatable bonds is 2. The Morgan fingerprint density at radius 3 is 3.21 bits per heavy atom. The Bertz CT molecular complexity index is 340. The fourth-order valence-electron chi connectivity index (χ4n) is 2.32. The van der Waals surface area contributed by atoms with Gasteiger partial charge in [0.1, 0.15) is 0 Å². The van der Waals surface area contributed by atoms with E-state index in [1.54, 1.807) is 6.20 Å². The first-order valence-corrected chi connectivity index (χ1v) is 5.05. The highest BCUT2D eigenvalue weighted by Crippen LogP contribution is 2.42. The molecule has 0 fully saturated rings. The molecule has 0 radical (unpaired) electrons. The number of aliphatic hydroxyl groups is 1. The van der Waals surface area contributed by atoms with Gasteiger partial charge in [-0.05, 0) is 31.4 Å². The molecule has 3 nitrogen and oxygen atoms in total. The summed E-state index contributed by atoms with van der Waals surface area (Å²) in [5, 5.41) is 10.5. The molecule has 0 amide bonds. The summed E-state index contributed by atoms with van der Waals surface area (Å²) in [6.45, 7) is 2.56. The zero-order chi connectivity index (χ0) is 10.2. The number of nitrogens with zero attached hydrogens (tertiary/aromatic N) is 1. The Kier molecular flexibility index (Phi) is 2.29. The molecule has 1 aliphatic carbocycles. The monoisotopic (exact) mass is 192 g/mol. The molecule has 0 saturated carbocycles. The maximum Gasteiger partial charge on any atom is 0.0955 e. The standard InChI is InChI=1S/C11H16N2O/c1-8-7-10-9(3-2-6-13-10)11(8,14)4-5-12/h2-3,6,8,14H,4-5,7,12H2,1H3. The zero-order valence-electron chi connectivity index (χ0n) is 8.40. The third-order valence-corrected chi connectivity index (χ3v) is 3.20. The summed E-state index contributed by atoms with van der Waals surface area (Å²) in [6, 6.07) is 3.83. The van der Waals surface area contributed by atoms with Crippen molar-refractivity contribution in [1.82, 2.24) is 4.98 Å². The van der Waals surface area contributed by atoms with Crippen molar-refractivity contribution in [1.29, 1.82) is 0 Å². The Morgan fingerprint density at radius 2 is 2.50 bits per heavy atom. The molecule has 2 rings (SSSR count). The molecule has 0 aromatic carbocycles. The van der Waals surface area contributed by atoms with Crippen LogP contribution in [-0.4, -0.2) is 16.6 Å². The van der Waals surface area contributed by atoms with Gasteiger partial charge in [0.25, 0.3) is 0 Å². The fraction of sp³-hybridized carbons (Fsp3) is 0.545. The Labute approximate surface area is 84.0 Å². The quantitative estimate of drug-likeness (QED) is 0.729. The third-order valence-electron chi connectivity index (χ3n) is 3.20. The third kappa shape index (κ3) is 1.24. The SMILES string of the molecule is CC1Cc2ncccc2C1(O)CCN. The molecule has 3 N–H and O–H groups in total. The molecule has 0 aliphatic heterocycles. The van der Waals surface area contributed by atoms with Gasteiger partial charge in [-0.15, -0.1) is 0 Å². The Morgan fingerprint density at radius 1 is 1.71 bits per heavy atom. The van der Waals surface area contributed by atoms with Gasteiger partial charge >= 0.3 is 0 Å². The molecule has 0 spiro atoms. The number of pyridine rings is 1. The number of hydrogen-bond acceptors (Lipinski definition) is 3. The average Bonchev–Trinajstić information content (AvgIpc) is 2.41. The lowest BCUT2D eigenvalue weighted by molar-refractivity contribution is -0.0101. The van der Waals surface area contributed by atoms with Gasteiger partial charge in [-0.25, -0.2) is 0 Å². The van der Waals surface area contributed by atoms with Crippen LogP contribution in [0.25, 0.3) is 0 Å². The van der Waals surface area contributed by atoms with Crippen molar-refractivity contribution in [3.8, 4) is 0 Å². The topological polar surface area (TPSA) is 59.1 Å². The summed E-state index contributed by atoms with van der Waals surface area (Å²) in [5.74, 6) is 0.218. The first-order chi connectivity index (χ1) is 6.68. The molecule has 0 saturated heterocycles. The highest BCUT2D eigenvalue weighted by molar-refractivity contribution is 5.33. The van der Waals surface area contributed by atoms with Crippen LogP contribution in [-0.2, 0) is 12.0 Å². The smallest absolute Gasteiger partial charge is 0.0955 e. The predicted molar refractivity (Wildman–Crippen MR) is 54.7 cm³/mol. The van der Waals surface area contributed by atoms with Gasteiger partial charge in [0, 0.05) is 17.5 Å². The van der Waals surface area contributed by atoms with Crippen LogP contribution < -0.4 is 5.73 Å². The molecule has 3 heteroatoms. The molecular formula is C11H16N2O. The second kappa shape index (κ2) is 3.33. The highest BCUT2D eigenvalue weighted by atomic mass is 16.3. The molecule has 1 aromatic heterocycles.